The quantitative estimate of drug-likeness (QED) is 0.286. The van der Waals surface area contributed by atoms with Crippen LogP contribution in [0.4, 0.5) is 8.78 Å². The van der Waals surface area contributed by atoms with E-state index in [-0.39, 0.29) is 0 Å². The van der Waals surface area contributed by atoms with Crippen LogP contribution in [0.25, 0.3) is 0 Å². The van der Waals surface area contributed by atoms with Crippen molar-refractivity contribution < 1.29 is 8.78 Å². The molecule has 0 heterocycles. The topological polar surface area (TPSA) is 0 Å². The molecule has 2 aliphatic carbocycles. The van der Waals surface area contributed by atoms with Gasteiger partial charge in [0.2, 0.25) is 0 Å². The SMILES string of the molecule is CCCCCC=C[C@H]1CC[C@H]([C@H]2CC[C@H](CCc3ccc(F)c(F)c3)CC2)CC1. The van der Waals surface area contributed by atoms with Crippen LogP contribution in [-0.4, -0.2) is 0 Å². The molecule has 0 aliphatic heterocycles. The van der Waals surface area contributed by atoms with Gasteiger partial charge in [0.25, 0.3) is 0 Å². The molecule has 0 unspecified atom stereocenters. The van der Waals surface area contributed by atoms with Crippen molar-refractivity contribution in [1.82, 2.24) is 0 Å². The van der Waals surface area contributed by atoms with Gasteiger partial charge in [-0.3, -0.25) is 0 Å². The molecule has 0 amide bonds. The van der Waals surface area contributed by atoms with Gasteiger partial charge in [-0.1, -0.05) is 50.8 Å². The van der Waals surface area contributed by atoms with Crippen LogP contribution < -0.4 is 0 Å². The summed E-state index contributed by atoms with van der Waals surface area (Å²) in [6.07, 6.45) is 23.3. The summed E-state index contributed by atoms with van der Waals surface area (Å²) < 4.78 is 26.4. The molecule has 0 radical (unpaired) electrons. The molecule has 3 rings (SSSR count). The van der Waals surface area contributed by atoms with Gasteiger partial charge in [0.1, 0.15) is 0 Å². The van der Waals surface area contributed by atoms with Crippen molar-refractivity contribution >= 4 is 0 Å². The van der Waals surface area contributed by atoms with Crippen LogP contribution in [0.1, 0.15) is 96.0 Å². The minimum atomic E-state index is -0.740. The molecule has 0 nitrogen and oxygen atoms in total. The lowest BCUT2D eigenvalue weighted by atomic mass is 9.68. The highest BCUT2D eigenvalue weighted by Crippen LogP contribution is 2.42. The maximum atomic E-state index is 13.4. The summed E-state index contributed by atoms with van der Waals surface area (Å²) >= 11 is 0. The number of hydrogen-bond donors (Lipinski definition) is 0. The number of allylic oxidation sites excluding steroid dienone is 2. The lowest BCUT2D eigenvalue weighted by Gasteiger charge is -2.37. The molecule has 29 heavy (non-hydrogen) atoms. The van der Waals surface area contributed by atoms with Crippen LogP contribution in [0.3, 0.4) is 0 Å². The van der Waals surface area contributed by atoms with Crippen LogP contribution in [0.2, 0.25) is 0 Å². The average Bonchev–Trinajstić information content (AvgIpc) is 2.75. The van der Waals surface area contributed by atoms with E-state index in [0.717, 1.165) is 42.1 Å². The monoisotopic (exact) mass is 402 g/mol. The number of aryl methyl sites for hydroxylation is 1. The number of hydrogen-bond acceptors (Lipinski definition) is 0. The first-order valence-corrected chi connectivity index (χ1v) is 12.3. The Morgan fingerprint density at radius 1 is 0.862 bits per heavy atom. The van der Waals surface area contributed by atoms with E-state index in [1.54, 1.807) is 6.07 Å². The molecule has 2 heteroatoms. The summed E-state index contributed by atoms with van der Waals surface area (Å²) in [6.45, 7) is 2.27. The molecule has 2 saturated carbocycles. The van der Waals surface area contributed by atoms with E-state index < -0.39 is 11.6 Å². The molecule has 162 valence electrons. The van der Waals surface area contributed by atoms with Crippen LogP contribution >= 0.6 is 0 Å². The molecule has 0 spiro atoms. The Labute approximate surface area is 177 Å². The van der Waals surface area contributed by atoms with E-state index in [4.69, 9.17) is 0 Å². The van der Waals surface area contributed by atoms with Crippen molar-refractivity contribution in [3.8, 4) is 0 Å². The highest BCUT2D eigenvalue weighted by molar-refractivity contribution is 5.17. The van der Waals surface area contributed by atoms with E-state index >= 15 is 0 Å². The molecule has 1 aromatic rings. The molecule has 0 atom stereocenters. The van der Waals surface area contributed by atoms with Gasteiger partial charge in [-0.05, 0) is 106 Å². The van der Waals surface area contributed by atoms with E-state index in [2.05, 4.69) is 19.1 Å². The average molecular weight is 403 g/mol. The van der Waals surface area contributed by atoms with Crippen LogP contribution in [-0.2, 0) is 6.42 Å². The Morgan fingerprint density at radius 3 is 2.21 bits per heavy atom. The van der Waals surface area contributed by atoms with Gasteiger partial charge in [-0.15, -0.1) is 0 Å². The first-order valence-electron chi connectivity index (χ1n) is 12.3. The van der Waals surface area contributed by atoms with Crippen molar-refractivity contribution in [2.45, 2.75) is 96.8 Å². The highest BCUT2D eigenvalue weighted by atomic mass is 19.2. The molecule has 0 saturated heterocycles. The molecule has 1 aromatic carbocycles. The van der Waals surface area contributed by atoms with Crippen molar-refractivity contribution in [3.63, 3.8) is 0 Å². The van der Waals surface area contributed by atoms with Gasteiger partial charge >= 0.3 is 0 Å². The summed E-state index contributed by atoms with van der Waals surface area (Å²) in [4.78, 5) is 0. The smallest absolute Gasteiger partial charge is 0.159 e. The van der Waals surface area contributed by atoms with Gasteiger partial charge in [0.05, 0.1) is 0 Å². The fourth-order valence-electron chi connectivity index (χ4n) is 5.62. The van der Waals surface area contributed by atoms with Crippen LogP contribution in [0, 0.1) is 35.3 Å². The lowest BCUT2D eigenvalue weighted by molar-refractivity contribution is 0.152. The highest BCUT2D eigenvalue weighted by Gasteiger charge is 2.30. The van der Waals surface area contributed by atoms with Crippen molar-refractivity contribution in [1.29, 1.82) is 0 Å². The molecular formula is C27H40F2. The maximum absolute atomic E-state index is 13.4. The van der Waals surface area contributed by atoms with E-state index in [0.29, 0.717) is 0 Å². The number of unbranched alkanes of at least 4 members (excludes halogenated alkanes) is 3. The molecule has 0 N–H and O–H groups in total. The fourth-order valence-corrected chi connectivity index (χ4v) is 5.62. The molecule has 0 bridgehead atoms. The van der Waals surface area contributed by atoms with Gasteiger partial charge in [0.15, 0.2) is 11.6 Å². The zero-order chi connectivity index (χ0) is 20.5. The first-order chi connectivity index (χ1) is 14.2. The minimum Gasteiger partial charge on any atom is -0.204 e. The van der Waals surface area contributed by atoms with Gasteiger partial charge in [-0.2, -0.15) is 0 Å². The van der Waals surface area contributed by atoms with Crippen LogP contribution in [0.15, 0.2) is 30.4 Å². The minimum absolute atomic E-state index is 0.711. The second-order valence-corrected chi connectivity index (χ2v) is 9.67. The molecule has 2 fully saturated rings. The van der Waals surface area contributed by atoms with Gasteiger partial charge in [0, 0.05) is 0 Å². The summed E-state index contributed by atoms with van der Waals surface area (Å²) in [7, 11) is 0. The van der Waals surface area contributed by atoms with E-state index in [1.807, 2.05) is 0 Å². The standard InChI is InChI=1S/C27H40F2/c1-2-3-4-5-6-7-21-10-15-24(16-11-21)25-17-12-22(13-18-25)8-9-23-14-19-26(28)27(29)20-23/h6-7,14,19-22,24-25H,2-5,8-13,15-18H2,1H3/t21-,22-,24-,25-. The van der Waals surface area contributed by atoms with E-state index in [1.165, 1.54) is 89.2 Å². The number of halogens is 2. The van der Waals surface area contributed by atoms with Crippen molar-refractivity contribution in [3.05, 3.63) is 47.5 Å². The predicted molar refractivity (Wildman–Crippen MR) is 119 cm³/mol. The third-order valence-corrected chi connectivity index (χ3v) is 7.58. The van der Waals surface area contributed by atoms with E-state index in [9.17, 15) is 8.78 Å². The number of rotatable bonds is 9. The molecule has 0 aromatic heterocycles. The Bertz CT molecular complexity index is 619. The normalized spacial score (nSPS) is 28.1. The molecule has 2 aliphatic rings. The van der Waals surface area contributed by atoms with Gasteiger partial charge in [-0.25, -0.2) is 8.78 Å². The maximum Gasteiger partial charge on any atom is 0.159 e. The fraction of sp³-hybridized carbons (Fsp3) is 0.704. The Kier molecular flexibility index (Phi) is 9.21. The lowest BCUT2D eigenvalue weighted by Crippen LogP contribution is -2.25. The van der Waals surface area contributed by atoms with Gasteiger partial charge < -0.3 is 0 Å². The third-order valence-electron chi connectivity index (χ3n) is 7.58. The number of benzene rings is 1. The Balaban J connectivity index is 1.32. The summed E-state index contributed by atoms with van der Waals surface area (Å²) in [5.74, 6) is 2.03. The second kappa shape index (κ2) is 11.9. The second-order valence-electron chi connectivity index (χ2n) is 9.67. The third kappa shape index (κ3) is 7.23. The zero-order valence-electron chi connectivity index (χ0n) is 18.4. The molecular weight excluding hydrogens is 362 g/mol. The Hall–Kier alpha value is -1.18. The predicted octanol–water partition coefficient (Wildman–Crippen LogP) is 8.65. The van der Waals surface area contributed by atoms with Crippen molar-refractivity contribution in [2.75, 3.05) is 0 Å². The zero-order valence-corrected chi connectivity index (χ0v) is 18.4. The summed E-state index contributed by atoms with van der Waals surface area (Å²) in [5, 5.41) is 0. The Morgan fingerprint density at radius 2 is 1.55 bits per heavy atom. The van der Waals surface area contributed by atoms with Crippen molar-refractivity contribution in [2.24, 2.45) is 23.7 Å². The first kappa shape index (κ1) is 22.5. The largest absolute Gasteiger partial charge is 0.204 e. The summed E-state index contributed by atoms with van der Waals surface area (Å²) in [6, 6.07) is 4.37. The van der Waals surface area contributed by atoms with Crippen LogP contribution in [0.5, 0.6) is 0 Å². The summed E-state index contributed by atoms with van der Waals surface area (Å²) in [5.41, 5.74) is 0.937.